The van der Waals surface area contributed by atoms with Crippen LogP contribution >= 0.6 is 0 Å². The lowest BCUT2D eigenvalue weighted by Gasteiger charge is -2.14. The largest absolute Gasteiger partial charge is 0.457 e. The third-order valence-corrected chi connectivity index (χ3v) is 3.48. The van der Waals surface area contributed by atoms with Crippen molar-refractivity contribution in [1.82, 2.24) is 10.6 Å². The van der Waals surface area contributed by atoms with Crippen molar-refractivity contribution in [2.75, 3.05) is 7.05 Å². The Morgan fingerprint density at radius 2 is 1.80 bits per heavy atom. The van der Waals surface area contributed by atoms with Crippen molar-refractivity contribution in [2.24, 2.45) is 4.99 Å². The molecule has 2 rings (SSSR count). The summed E-state index contributed by atoms with van der Waals surface area (Å²) in [6.07, 6.45) is 0. The van der Waals surface area contributed by atoms with Gasteiger partial charge in [-0.3, -0.25) is 4.99 Å². The number of hydrogen-bond donors (Lipinski definition) is 2. The van der Waals surface area contributed by atoms with Gasteiger partial charge in [0, 0.05) is 19.6 Å². The fraction of sp³-hybridized carbons (Fsp3) is 0.300. The Kier molecular flexibility index (Phi) is 7.01. The molecule has 0 atom stereocenters. The number of benzene rings is 2. The van der Waals surface area contributed by atoms with Crippen molar-refractivity contribution >= 4 is 11.9 Å². The Labute approximate surface area is 149 Å². The van der Waals surface area contributed by atoms with Crippen molar-refractivity contribution in [3.8, 4) is 0 Å². The molecule has 2 N–H and O–H groups in total. The van der Waals surface area contributed by atoms with Crippen LogP contribution in [0.1, 0.15) is 35.3 Å². The van der Waals surface area contributed by atoms with Gasteiger partial charge in [-0.05, 0) is 37.1 Å². The van der Waals surface area contributed by atoms with Gasteiger partial charge in [0.25, 0.3) is 0 Å². The van der Waals surface area contributed by atoms with Gasteiger partial charge < -0.3 is 15.4 Å². The molecule has 132 valence electrons. The first-order valence-electron chi connectivity index (χ1n) is 8.35. The molecule has 5 heteroatoms. The molecule has 2 aromatic rings. The first kappa shape index (κ1) is 18.5. The molecule has 0 saturated carbocycles. The van der Waals surface area contributed by atoms with Gasteiger partial charge in [-0.15, -0.1) is 0 Å². The van der Waals surface area contributed by atoms with Gasteiger partial charge in [0.05, 0.1) is 5.56 Å². The minimum Gasteiger partial charge on any atom is -0.457 e. The minimum absolute atomic E-state index is 0.271. The SMILES string of the molecule is CN=C(NCc1cccc(C(=O)OCc2ccccc2)c1)NC(C)C. The monoisotopic (exact) mass is 339 g/mol. The lowest BCUT2D eigenvalue weighted by Crippen LogP contribution is -2.40. The van der Waals surface area contributed by atoms with Crippen LogP contribution in [0, 0.1) is 0 Å². The predicted molar refractivity (Wildman–Crippen MR) is 100 cm³/mol. The third kappa shape index (κ3) is 6.30. The highest BCUT2D eigenvalue weighted by molar-refractivity contribution is 5.89. The summed E-state index contributed by atoms with van der Waals surface area (Å²) in [6.45, 7) is 4.95. The number of esters is 1. The number of carbonyl (C=O) groups is 1. The number of ether oxygens (including phenoxy) is 1. The van der Waals surface area contributed by atoms with E-state index in [2.05, 4.69) is 29.5 Å². The molecule has 0 aromatic heterocycles. The van der Waals surface area contributed by atoms with E-state index in [-0.39, 0.29) is 12.6 Å². The maximum absolute atomic E-state index is 12.2. The summed E-state index contributed by atoms with van der Waals surface area (Å²) in [5.41, 5.74) is 2.50. The van der Waals surface area contributed by atoms with Gasteiger partial charge in [0.1, 0.15) is 6.61 Å². The Morgan fingerprint density at radius 1 is 1.08 bits per heavy atom. The number of aliphatic imine (C=N–C) groups is 1. The number of carbonyl (C=O) groups excluding carboxylic acids is 1. The van der Waals surface area contributed by atoms with E-state index >= 15 is 0 Å². The zero-order valence-corrected chi connectivity index (χ0v) is 15.0. The fourth-order valence-electron chi connectivity index (χ4n) is 2.27. The molecule has 0 unspecified atom stereocenters. The van der Waals surface area contributed by atoms with E-state index in [9.17, 15) is 4.79 Å². The molecule has 25 heavy (non-hydrogen) atoms. The van der Waals surface area contributed by atoms with Crippen LogP contribution < -0.4 is 10.6 Å². The van der Waals surface area contributed by atoms with Gasteiger partial charge in [-0.2, -0.15) is 0 Å². The summed E-state index contributed by atoms with van der Waals surface area (Å²) in [6, 6.07) is 17.4. The predicted octanol–water partition coefficient (Wildman–Crippen LogP) is 3.12. The maximum Gasteiger partial charge on any atom is 0.338 e. The zero-order chi connectivity index (χ0) is 18.1. The van der Waals surface area contributed by atoms with Crippen LogP contribution in [-0.2, 0) is 17.9 Å². The smallest absolute Gasteiger partial charge is 0.338 e. The second-order valence-corrected chi connectivity index (χ2v) is 5.99. The molecule has 0 saturated heterocycles. The summed E-state index contributed by atoms with van der Waals surface area (Å²) < 4.78 is 5.37. The fourth-order valence-corrected chi connectivity index (χ4v) is 2.27. The molecule has 0 radical (unpaired) electrons. The topological polar surface area (TPSA) is 62.7 Å². The second-order valence-electron chi connectivity index (χ2n) is 5.99. The van der Waals surface area contributed by atoms with E-state index in [1.54, 1.807) is 13.1 Å². The van der Waals surface area contributed by atoms with Crippen LogP contribution in [0.15, 0.2) is 59.6 Å². The van der Waals surface area contributed by atoms with Crippen LogP contribution in [0.2, 0.25) is 0 Å². The molecule has 0 amide bonds. The van der Waals surface area contributed by atoms with E-state index in [4.69, 9.17) is 4.74 Å². The normalized spacial score (nSPS) is 11.3. The van der Waals surface area contributed by atoms with E-state index in [0.29, 0.717) is 18.2 Å². The average molecular weight is 339 g/mol. The number of nitrogens with one attached hydrogen (secondary N) is 2. The molecule has 0 aliphatic heterocycles. The van der Waals surface area contributed by atoms with Crippen molar-refractivity contribution in [2.45, 2.75) is 33.0 Å². The second kappa shape index (κ2) is 9.47. The summed E-state index contributed by atoms with van der Waals surface area (Å²) >= 11 is 0. The summed E-state index contributed by atoms with van der Waals surface area (Å²) in [5, 5.41) is 6.45. The van der Waals surface area contributed by atoms with Crippen molar-refractivity contribution in [3.05, 3.63) is 71.3 Å². The highest BCUT2D eigenvalue weighted by Crippen LogP contribution is 2.09. The van der Waals surface area contributed by atoms with Crippen molar-refractivity contribution in [3.63, 3.8) is 0 Å². The Balaban J connectivity index is 1.92. The Bertz CT molecular complexity index is 712. The highest BCUT2D eigenvalue weighted by atomic mass is 16.5. The van der Waals surface area contributed by atoms with Crippen LogP contribution in [0.5, 0.6) is 0 Å². The van der Waals surface area contributed by atoms with Crippen molar-refractivity contribution < 1.29 is 9.53 Å². The number of rotatable bonds is 6. The van der Waals surface area contributed by atoms with E-state index in [1.165, 1.54) is 0 Å². The maximum atomic E-state index is 12.2. The average Bonchev–Trinajstić information content (AvgIpc) is 2.64. The highest BCUT2D eigenvalue weighted by Gasteiger charge is 2.08. The molecule has 0 heterocycles. The quantitative estimate of drug-likeness (QED) is 0.482. The number of hydrogen-bond acceptors (Lipinski definition) is 3. The molecule has 0 fully saturated rings. The molecule has 0 aliphatic carbocycles. The third-order valence-electron chi connectivity index (χ3n) is 3.48. The summed E-state index contributed by atoms with van der Waals surface area (Å²) in [5.74, 6) is 0.405. The van der Waals surface area contributed by atoms with Gasteiger partial charge in [-0.25, -0.2) is 4.79 Å². The molecule has 0 bridgehead atoms. The lowest BCUT2D eigenvalue weighted by atomic mass is 10.1. The van der Waals surface area contributed by atoms with Crippen LogP contribution in [0.3, 0.4) is 0 Å². The lowest BCUT2D eigenvalue weighted by molar-refractivity contribution is 0.0472. The number of nitrogens with zero attached hydrogens (tertiary/aromatic N) is 1. The molecule has 0 aliphatic rings. The Morgan fingerprint density at radius 3 is 2.48 bits per heavy atom. The standard InChI is InChI=1S/C20H25N3O2/c1-15(2)23-20(21-3)22-13-17-10-7-11-18(12-17)19(24)25-14-16-8-5-4-6-9-16/h4-12,15H,13-14H2,1-3H3,(H2,21,22,23). The first-order valence-corrected chi connectivity index (χ1v) is 8.35. The molecule has 2 aromatic carbocycles. The van der Waals surface area contributed by atoms with Gasteiger partial charge in [0.15, 0.2) is 5.96 Å². The van der Waals surface area contributed by atoms with Gasteiger partial charge >= 0.3 is 5.97 Å². The zero-order valence-electron chi connectivity index (χ0n) is 15.0. The van der Waals surface area contributed by atoms with Gasteiger partial charge in [-0.1, -0.05) is 42.5 Å². The molecule has 5 nitrogen and oxygen atoms in total. The van der Waals surface area contributed by atoms with E-state index in [1.807, 2.05) is 48.5 Å². The van der Waals surface area contributed by atoms with E-state index < -0.39 is 0 Å². The van der Waals surface area contributed by atoms with Gasteiger partial charge in [0.2, 0.25) is 0 Å². The first-order chi connectivity index (χ1) is 12.1. The number of guanidine groups is 1. The minimum atomic E-state index is -0.324. The molecule has 0 spiro atoms. The molecular formula is C20H25N3O2. The Hall–Kier alpha value is -2.82. The summed E-state index contributed by atoms with van der Waals surface area (Å²) in [4.78, 5) is 16.4. The molecular weight excluding hydrogens is 314 g/mol. The van der Waals surface area contributed by atoms with Crippen LogP contribution in [0.25, 0.3) is 0 Å². The van der Waals surface area contributed by atoms with Crippen molar-refractivity contribution in [1.29, 1.82) is 0 Å². The summed E-state index contributed by atoms with van der Waals surface area (Å²) in [7, 11) is 1.73. The van der Waals surface area contributed by atoms with Crippen LogP contribution in [-0.4, -0.2) is 25.0 Å². The van der Waals surface area contributed by atoms with Crippen LogP contribution in [0.4, 0.5) is 0 Å². The van der Waals surface area contributed by atoms with E-state index in [0.717, 1.165) is 17.1 Å².